The Morgan fingerprint density at radius 1 is 0.808 bits per heavy atom. The second-order valence-electron chi connectivity index (χ2n) is 5.84. The van der Waals surface area contributed by atoms with Gasteiger partial charge in [0.05, 0.1) is 5.52 Å². The second kappa shape index (κ2) is 6.70. The van der Waals surface area contributed by atoms with Gasteiger partial charge in [0, 0.05) is 39.9 Å². The Morgan fingerprint density at radius 3 is 2.38 bits per heavy atom. The molecule has 0 saturated heterocycles. The lowest BCUT2D eigenvalue weighted by molar-refractivity contribution is 0.477. The van der Waals surface area contributed by atoms with E-state index in [-0.39, 0.29) is 11.6 Å². The van der Waals surface area contributed by atoms with Crippen LogP contribution < -0.4 is 0 Å². The summed E-state index contributed by atoms with van der Waals surface area (Å²) in [6.45, 7) is 0. The van der Waals surface area contributed by atoms with Crippen molar-refractivity contribution in [2.45, 2.75) is 0 Å². The van der Waals surface area contributed by atoms with E-state index in [4.69, 9.17) is 0 Å². The summed E-state index contributed by atoms with van der Waals surface area (Å²) in [7, 11) is 0. The molecular weight excluding hydrogens is 325 g/mol. The van der Waals surface area contributed by atoms with E-state index in [0.717, 1.165) is 10.9 Å². The van der Waals surface area contributed by atoms with Crippen LogP contribution in [0.5, 0.6) is 5.75 Å². The molecule has 0 aliphatic carbocycles. The number of aromatic hydroxyl groups is 1. The maximum Gasteiger partial charge on any atom is 0.125 e. The third-order valence-corrected chi connectivity index (χ3v) is 4.13. The molecule has 2 nitrogen and oxygen atoms in total. The zero-order chi connectivity index (χ0) is 17.9. The standard InChI is InChI=1S/C23H14FNO/c24-17-11-13-19-18(12-10-16-6-2-1-3-7-16)21(15-25-22(19)14-17)20-8-4-5-9-23(20)26/h1-9,11,13-15,26H. The minimum Gasteiger partial charge on any atom is -0.507 e. The fraction of sp³-hybridized carbons (Fsp3) is 0. The quantitative estimate of drug-likeness (QED) is 0.487. The summed E-state index contributed by atoms with van der Waals surface area (Å²) in [4.78, 5) is 4.36. The number of pyridine rings is 1. The predicted molar refractivity (Wildman–Crippen MR) is 101 cm³/mol. The number of nitrogens with zero attached hydrogens (tertiary/aromatic N) is 1. The van der Waals surface area contributed by atoms with Crippen molar-refractivity contribution in [1.29, 1.82) is 0 Å². The van der Waals surface area contributed by atoms with Gasteiger partial charge < -0.3 is 5.11 Å². The molecule has 3 heteroatoms. The van der Waals surface area contributed by atoms with Crippen LogP contribution in [0.3, 0.4) is 0 Å². The average molecular weight is 339 g/mol. The Morgan fingerprint density at radius 2 is 1.58 bits per heavy atom. The smallest absolute Gasteiger partial charge is 0.125 e. The van der Waals surface area contributed by atoms with Gasteiger partial charge in [0.15, 0.2) is 0 Å². The number of aromatic nitrogens is 1. The summed E-state index contributed by atoms with van der Waals surface area (Å²) in [5.41, 5.74) is 3.47. The van der Waals surface area contributed by atoms with Crippen molar-refractivity contribution in [3.05, 3.63) is 95.9 Å². The van der Waals surface area contributed by atoms with E-state index >= 15 is 0 Å². The van der Waals surface area contributed by atoms with Crippen LogP contribution in [0.25, 0.3) is 22.0 Å². The highest BCUT2D eigenvalue weighted by atomic mass is 19.1. The Kier molecular flexibility index (Phi) is 4.09. The normalized spacial score (nSPS) is 10.3. The minimum atomic E-state index is -0.345. The first-order valence-electron chi connectivity index (χ1n) is 8.16. The number of benzene rings is 3. The molecule has 0 bridgehead atoms. The predicted octanol–water partition coefficient (Wildman–Crippen LogP) is 5.15. The molecule has 124 valence electrons. The molecule has 1 N–H and O–H groups in total. The molecule has 0 aliphatic rings. The highest BCUT2D eigenvalue weighted by Crippen LogP contribution is 2.33. The summed E-state index contributed by atoms with van der Waals surface area (Å²) in [5.74, 6) is 6.14. The molecule has 0 saturated carbocycles. The van der Waals surface area contributed by atoms with Crippen molar-refractivity contribution in [2.24, 2.45) is 0 Å². The number of rotatable bonds is 1. The van der Waals surface area contributed by atoms with Gasteiger partial charge in [-0.15, -0.1) is 0 Å². The van der Waals surface area contributed by atoms with Gasteiger partial charge in [0.2, 0.25) is 0 Å². The summed E-state index contributed by atoms with van der Waals surface area (Å²) in [6.07, 6.45) is 1.63. The van der Waals surface area contributed by atoms with E-state index in [1.807, 2.05) is 42.5 Å². The summed E-state index contributed by atoms with van der Waals surface area (Å²) in [6, 6.07) is 21.1. The molecule has 0 aliphatic heterocycles. The van der Waals surface area contributed by atoms with E-state index in [1.165, 1.54) is 12.1 Å². The first-order chi connectivity index (χ1) is 12.7. The molecule has 0 fully saturated rings. The minimum absolute atomic E-state index is 0.151. The Balaban J connectivity index is 1.99. The first-order valence-corrected chi connectivity index (χ1v) is 8.16. The van der Waals surface area contributed by atoms with Crippen LogP contribution in [0.1, 0.15) is 11.1 Å². The van der Waals surface area contributed by atoms with E-state index in [1.54, 1.807) is 24.4 Å². The molecule has 1 aromatic heterocycles. The molecule has 0 spiro atoms. The van der Waals surface area contributed by atoms with Crippen molar-refractivity contribution < 1.29 is 9.50 Å². The lowest BCUT2D eigenvalue weighted by atomic mass is 9.97. The SMILES string of the molecule is Oc1ccccc1-c1cnc2cc(F)ccc2c1C#Cc1ccccc1. The Bertz CT molecular complexity index is 1160. The van der Waals surface area contributed by atoms with Crippen molar-refractivity contribution in [3.8, 4) is 28.7 Å². The van der Waals surface area contributed by atoms with Gasteiger partial charge in [-0.05, 0) is 30.3 Å². The molecule has 3 aromatic carbocycles. The van der Waals surface area contributed by atoms with E-state index < -0.39 is 0 Å². The van der Waals surface area contributed by atoms with E-state index in [2.05, 4.69) is 16.8 Å². The second-order valence-corrected chi connectivity index (χ2v) is 5.84. The van der Waals surface area contributed by atoms with Crippen LogP contribution >= 0.6 is 0 Å². The molecule has 4 aromatic rings. The van der Waals surface area contributed by atoms with E-state index in [0.29, 0.717) is 22.2 Å². The van der Waals surface area contributed by atoms with Crippen molar-refractivity contribution in [2.75, 3.05) is 0 Å². The number of fused-ring (bicyclic) bond motifs is 1. The fourth-order valence-corrected chi connectivity index (χ4v) is 2.86. The van der Waals surface area contributed by atoms with Crippen LogP contribution in [-0.4, -0.2) is 10.1 Å². The van der Waals surface area contributed by atoms with Crippen molar-refractivity contribution in [3.63, 3.8) is 0 Å². The van der Waals surface area contributed by atoms with Crippen molar-refractivity contribution >= 4 is 10.9 Å². The Hall–Kier alpha value is -3.64. The van der Waals surface area contributed by atoms with Gasteiger partial charge in [-0.1, -0.05) is 48.2 Å². The molecule has 1 heterocycles. The summed E-state index contributed by atoms with van der Waals surface area (Å²) >= 11 is 0. The lowest BCUT2D eigenvalue weighted by Crippen LogP contribution is -1.92. The number of hydrogen-bond donors (Lipinski definition) is 1. The van der Waals surface area contributed by atoms with Gasteiger partial charge in [-0.2, -0.15) is 0 Å². The molecule has 4 rings (SSSR count). The average Bonchev–Trinajstić information content (AvgIpc) is 2.67. The molecule has 0 radical (unpaired) electrons. The molecule has 26 heavy (non-hydrogen) atoms. The monoisotopic (exact) mass is 339 g/mol. The first kappa shape index (κ1) is 15.9. The van der Waals surface area contributed by atoms with Crippen LogP contribution in [0.4, 0.5) is 4.39 Å². The number of phenols is 1. The van der Waals surface area contributed by atoms with Crippen LogP contribution in [0.2, 0.25) is 0 Å². The zero-order valence-corrected chi connectivity index (χ0v) is 13.8. The van der Waals surface area contributed by atoms with Crippen LogP contribution in [-0.2, 0) is 0 Å². The number of halogens is 1. The van der Waals surface area contributed by atoms with Gasteiger partial charge >= 0.3 is 0 Å². The third-order valence-electron chi connectivity index (χ3n) is 4.13. The zero-order valence-electron chi connectivity index (χ0n) is 13.8. The molecule has 0 atom stereocenters. The van der Waals surface area contributed by atoms with Crippen LogP contribution in [0, 0.1) is 17.7 Å². The number of phenolic OH excluding ortho intramolecular Hbond substituents is 1. The van der Waals surface area contributed by atoms with Crippen LogP contribution in [0.15, 0.2) is 79.0 Å². The summed E-state index contributed by atoms with van der Waals surface area (Å²) in [5, 5.41) is 11.0. The maximum atomic E-state index is 13.6. The summed E-state index contributed by atoms with van der Waals surface area (Å²) < 4.78 is 13.6. The van der Waals surface area contributed by atoms with Crippen molar-refractivity contribution in [1.82, 2.24) is 4.98 Å². The molecular formula is C23H14FNO. The Labute approximate surface area is 150 Å². The number of para-hydroxylation sites is 1. The molecule has 0 amide bonds. The van der Waals surface area contributed by atoms with E-state index in [9.17, 15) is 9.50 Å². The molecule has 0 unspecified atom stereocenters. The third kappa shape index (κ3) is 3.01. The van der Waals surface area contributed by atoms with Gasteiger partial charge in [-0.3, -0.25) is 4.98 Å². The fourth-order valence-electron chi connectivity index (χ4n) is 2.86. The largest absolute Gasteiger partial charge is 0.507 e. The lowest BCUT2D eigenvalue weighted by Gasteiger charge is -2.10. The maximum absolute atomic E-state index is 13.6. The number of hydrogen-bond acceptors (Lipinski definition) is 2. The van der Waals surface area contributed by atoms with Gasteiger partial charge in [0.25, 0.3) is 0 Å². The van der Waals surface area contributed by atoms with Gasteiger partial charge in [0.1, 0.15) is 11.6 Å². The highest BCUT2D eigenvalue weighted by molar-refractivity contribution is 5.93. The topological polar surface area (TPSA) is 33.1 Å². The highest BCUT2D eigenvalue weighted by Gasteiger charge is 2.12. The van der Waals surface area contributed by atoms with Gasteiger partial charge in [-0.25, -0.2) is 4.39 Å².